The summed E-state index contributed by atoms with van der Waals surface area (Å²) in [7, 11) is 3.21. The van der Waals surface area contributed by atoms with Crippen molar-refractivity contribution in [2.45, 2.75) is 117 Å². The van der Waals surface area contributed by atoms with Crippen molar-refractivity contribution < 1.29 is 48.1 Å². The van der Waals surface area contributed by atoms with Crippen LogP contribution in [0.2, 0.25) is 0 Å². The second-order valence-corrected chi connectivity index (χ2v) is 14.7. The van der Waals surface area contributed by atoms with Crippen LogP contribution in [0.4, 0.5) is 10.5 Å². The third-order valence-corrected chi connectivity index (χ3v) is 7.54. The number of benzene rings is 1. The van der Waals surface area contributed by atoms with Crippen LogP contribution in [0.15, 0.2) is 24.3 Å². The van der Waals surface area contributed by atoms with Crippen molar-refractivity contribution in [3.05, 3.63) is 29.8 Å². The first kappa shape index (κ1) is 46.3. The lowest BCUT2D eigenvalue weighted by molar-refractivity contribution is -0.145. The van der Waals surface area contributed by atoms with Crippen LogP contribution in [-0.4, -0.2) is 103 Å². The molecule has 0 aliphatic rings. The highest BCUT2D eigenvalue weighted by Crippen LogP contribution is 2.13. The van der Waals surface area contributed by atoms with Gasteiger partial charge in [-0.05, 0) is 69.6 Å². The Balaban J connectivity index is 3.17. The van der Waals surface area contributed by atoms with Crippen LogP contribution < -0.4 is 26.6 Å². The number of hydrogen-bond donors (Lipinski definition) is 6. The predicted molar refractivity (Wildman–Crippen MR) is 198 cm³/mol. The Labute approximate surface area is 312 Å². The van der Waals surface area contributed by atoms with E-state index in [-0.39, 0.29) is 70.1 Å². The lowest BCUT2D eigenvalue weighted by Crippen LogP contribution is -2.58. The van der Waals surface area contributed by atoms with Crippen LogP contribution in [-0.2, 0) is 44.8 Å². The van der Waals surface area contributed by atoms with Gasteiger partial charge in [0.2, 0.25) is 29.5 Å². The fourth-order valence-electron chi connectivity index (χ4n) is 4.63. The summed E-state index contributed by atoms with van der Waals surface area (Å²) < 4.78 is 10.5. The number of esters is 1. The fourth-order valence-corrected chi connectivity index (χ4v) is 4.63. The summed E-state index contributed by atoms with van der Waals surface area (Å²) in [5.41, 5.74) is 0.276. The Morgan fingerprint density at radius 2 is 1.42 bits per heavy atom. The summed E-state index contributed by atoms with van der Waals surface area (Å²) in [5, 5.41) is 22.6. The van der Waals surface area contributed by atoms with Gasteiger partial charge in [0.05, 0.1) is 13.2 Å². The standard InChI is InChI=1S/C37H60N6O10/c1-23(2)22-52-31(47)18-17-27(40-29(45)11-10-12-30(46)43(8)9)34(49)42-32(24(3)4)35(50)41-28(19-20-38-36(51)53-37(5,6)7)33(48)39-26-15-13-25(21-44)14-16-26/h13-16,23-24,27-28,32,44H,10-12,17-22H2,1-9H3,(H,38,51)(H,39,48)(H,40,45)(H,41,50)(H,42,49)/t27-,28-,32-/m0/s1. The smallest absolute Gasteiger partial charge is 0.407 e. The number of rotatable bonds is 21. The third kappa shape index (κ3) is 19.6. The highest BCUT2D eigenvalue weighted by atomic mass is 16.6. The Morgan fingerprint density at radius 1 is 0.792 bits per heavy atom. The molecule has 0 fully saturated rings. The molecule has 0 saturated carbocycles. The van der Waals surface area contributed by atoms with Crippen LogP contribution in [0, 0.1) is 11.8 Å². The number of nitrogens with zero attached hydrogens (tertiary/aromatic N) is 1. The van der Waals surface area contributed by atoms with Gasteiger partial charge < -0.3 is 46.1 Å². The normalized spacial score (nSPS) is 12.9. The Kier molecular flexibility index (Phi) is 20.1. The Morgan fingerprint density at radius 3 is 1.96 bits per heavy atom. The summed E-state index contributed by atoms with van der Waals surface area (Å²) in [4.78, 5) is 91.7. The Hall–Kier alpha value is -4.73. The van der Waals surface area contributed by atoms with Crippen molar-refractivity contribution in [2.75, 3.05) is 32.6 Å². The molecule has 0 aliphatic carbocycles. The molecule has 53 heavy (non-hydrogen) atoms. The lowest BCUT2D eigenvalue weighted by Gasteiger charge is -2.27. The van der Waals surface area contributed by atoms with E-state index in [4.69, 9.17) is 9.47 Å². The van der Waals surface area contributed by atoms with Gasteiger partial charge >= 0.3 is 12.1 Å². The van der Waals surface area contributed by atoms with Crippen molar-refractivity contribution in [2.24, 2.45) is 11.8 Å². The molecule has 6 N–H and O–H groups in total. The van der Waals surface area contributed by atoms with Crippen LogP contribution in [0.3, 0.4) is 0 Å². The molecule has 0 heterocycles. The second kappa shape index (κ2) is 23.0. The zero-order valence-corrected chi connectivity index (χ0v) is 32.6. The number of carbonyl (C=O) groups excluding carboxylic acids is 7. The summed E-state index contributed by atoms with van der Waals surface area (Å²) in [6.07, 6.45) is -0.736. The number of hydrogen-bond acceptors (Lipinski definition) is 10. The van der Waals surface area contributed by atoms with E-state index in [0.29, 0.717) is 11.3 Å². The average molecular weight is 749 g/mol. The molecule has 16 heteroatoms. The molecule has 0 aliphatic heterocycles. The summed E-state index contributed by atoms with van der Waals surface area (Å²) in [6, 6.07) is 2.86. The van der Waals surface area contributed by atoms with E-state index in [0.717, 1.165) is 0 Å². The highest BCUT2D eigenvalue weighted by molar-refractivity contribution is 5.99. The maximum absolute atomic E-state index is 13.7. The number of ether oxygens (including phenoxy) is 2. The molecular weight excluding hydrogens is 688 g/mol. The fraction of sp³-hybridized carbons (Fsp3) is 0.649. The number of anilines is 1. The van der Waals surface area contributed by atoms with E-state index in [9.17, 15) is 38.7 Å². The summed E-state index contributed by atoms with van der Waals surface area (Å²) in [5.74, 6) is -3.66. The van der Waals surface area contributed by atoms with Gasteiger partial charge in [0.1, 0.15) is 23.7 Å². The molecule has 0 radical (unpaired) electrons. The maximum atomic E-state index is 13.7. The van der Waals surface area contributed by atoms with E-state index in [1.807, 2.05) is 13.8 Å². The van der Waals surface area contributed by atoms with Crippen molar-refractivity contribution in [1.29, 1.82) is 0 Å². The van der Waals surface area contributed by atoms with Gasteiger partial charge in [-0.3, -0.25) is 28.8 Å². The number of amides is 6. The first-order valence-electron chi connectivity index (χ1n) is 18.0. The molecule has 0 unspecified atom stereocenters. The molecule has 3 atom stereocenters. The number of aliphatic hydroxyl groups is 1. The number of alkyl carbamates (subject to hydrolysis) is 1. The molecule has 1 aromatic rings. The first-order chi connectivity index (χ1) is 24.7. The van der Waals surface area contributed by atoms with E-state index in [1.54, 1.807) is 73.0 Å². The van der Waals surface area contributed by atoms with Crippen molar-refractivity contribution in [3.63, 3.8) is 0 Å². The largest absolute Gasteiger partial charge is 0.465 e. The molecule has 0 bridgehead atoms. The van der Waals surface area contributed by atoms with Gasteiger partial charge in [0.15, 0.2) is 0 Å². The summed E-state index contributed by atoms with van der Waals surface area (Å²) >= 11 is 0. The minimum atomic E-state index is -1.22. The molecule has 16 nitrogen and oxygen atoms in total. The second-order valence-electron chi connectivity index (χ2n) is 14.7. The molecule has 298 valence electrons. The molecular formula is C37H60N6O10. The van der Waals surface area contributed by atoms with Crippen molar-refractivity contribution in [1.82, 2.24) is 26.2 Å². The van der Waals surface area contributed by atoms with E-state index >= 15 is 0 Å². The quantitative estimate of drug-likeness (QED) is 0.101. The molecule has 0 aromatic heterocycles. The summed E-state index contributed by atoms with van der Waals surface area (Å²) in [6.45, 7) is 12.2. The third-order valence-electron chi connectivity index (χ3n) is 7.54. The molecule has 1 aromatic carbocycles. The van der Waals surface area contributed by atoms with Crippen LogP contribution in [0.25, 0.3) is 0 Å². The minimum absolute atomic E-state index is 0.0439. The number of nitrogens with one attached hydrogen (secondary N) is 5. The monoisotopic (exact) mass is 748 g/mol. The average Bonchev–Trinajstić information content (AvgIpc) is 3.06. The van der Waals surface area contributed by atoms with Gasteiger partial charge in [0, 0.05) is 45.6 Å². The van der Waals surface area contributed by atoms with Crippen LogP contribution in [0.1, 0.15) is 92.6 Å². The molecule has 1 rings (SSSR count). The molecule has 0 spiro atoms. The molecule has 0 saturated heterocycles. The minimum Gasteiger partial charge on any atom is -0.465 e. The first-order valence-corrected chi connectivity index (χ1v) is 18.0. The van der Waals surface area contributed by atoms with Crippen LogP contribution >= 0.6 is 0 Å². The topological polar surface area (TPSA) is 222 Å². The zero-order valence-electron chi connectivity index (χ0n) is 32.6. The lowest BCUT2D eigenvalue weighted by atomic mass is 10.0. The maximum Gasteiger partial charge on any atom is 0.407 e. The van der Waals surface area contributed by atoms with Gasteiger partial charge in [-0.1, -0.05) is 39.8 Å². The van der Waals surface area contributed by atoms with Crippen molar-refractivity contribution >= 4 is 47.3 Å². The van der Waals surface area contributed by atoms with Crippen LogP contribution in [0.5, 0.6) is 0 Å². The zero-order chi connectivity index (χ0) is 40.3. The number of carbonyl (C=O) groups is 7. The molecule has 6 amide bonds. The van der Waals surface area contributed by atoms with E-state index in [2.05, 4.69) is 26.6 Å². The highest BCUT2D eigenvalue weighted by Gasteiger charge is 2.32. The van der Waals surface area contributed by atoms with Gasteiger partial charge in [-0.2, -0.15) is 0 Å². The van der Waals surface area contributed by atoms with E-state index < -0.39 is 65.3 Å². The van der Waals surface area contributed by atoms with E-state index in [1.165, 1.54) is 4.90 Å². The SMILES string of the molecule is CC(C)COC(=O)CC[C@H](NC(=O)CCCC(=O)N(C)C)C(=O)N[C@H](C(=O)N[C@@H](CCNC(=O)OC(C)(C)C)C(=O)Nc1ccc(CO)cc1)C(C)C. The van der Waals surface area contributed by atoms with Gasteiger partial charge in [-0.15, -0.1) is 0 Å². The predicted octanol–water partition coefficient (Wildman–Crippen LogP) is 2.38. The Bertz CT molecular complexity index is 1370. The van der Waals surface area contributed by atoms with Gasteiger partial charge in [-0.25, -0.2) is 4.79 Å². The van der Waals surface area contributed by atoms with Crippen molar-refractivity contribution in [3.8, 4) is 0 Å². The number of aliphatic hydroxyl groups excluding tert-OH is 1. The van der Waals surface area contributed by atoms with Gasteiger partial charge in [0.25, 0.3) is 0 Å².